The molecule has 2 aromatic heterocycles. The largest absolute Gasteiger partial charge is 0.363 e. The number of rotatable bonds is 3. The minimum Gasteiger partial charge on any atom is -0.363 e. The van der Waals surface area contributed by atoms with Gasteiger partial charge in [-0.25, -0.2) is 10.4 Å². The lowest BCUT2D eigenvalue weighted by Crippen LogP contribution is -2.39. The maximum absolute atomic E-state index is 12.2. The van der Waals surface area contributed by atoms with Gasteiger partial charge in [-0.1, -0.05) is 0 Å². The number of carbonyl (C=O) groups excluding carboxylic acids is 1. The molecule has 3 rings (SSSR count). The van der Waals surface area contributed by atoms with Gasteiger partial charge in [0.1, 0.15) is 11.6 Å². The zero-order chi connectivity index (χ0) is 14.1. The minimum absolute atomic E-state index is 0.125. The van der Waals surface area contributed by atoms with Gasteiger partial charge in [0.15, 0.2) is 0 Å². The van der Waals surface area contributed by atoms with Gasteiger partial charge in [0.2, 0.25) is 0 Å². The van der Waals surface area contributed by atoms with E-state index in [2.05, 4.69) is 10.5 Å². The van der Waals surface area contributed by atoms with Crippen LogP contribution in [0.15, 0.2) is 29.5 Å². The summed E-state index contributed by atoms with van der Waals surface area (Å²) in [5, 5.41) is 4.00. The normalized spacial score (nSPS) is 22.2. The molecule has 0 radical (unpaired) electrons. The number of hydrogen-bond acceptors (Lipinski definition) is 5. The van der Waals surface area contributed by atoms with Crippen LogP contribution in [0, 0.1) is 0 Å². The van der Waals surface area contributed by atoms with Gasteiger partial charge < -0.3 is 9.30 Å². The lowest BCUT2D eigenvalue weighted by Gasteiger charge is -2.14. The van der Waals surface area contributed by atoms with Gasteiger partial charge >= 0.3 is 0 Å². The molecule has 8 nitrogen and oxygen atoms in total. The first-order valence-electron chi connectivity index (χ1n) is 6.38. The number of hydrazine groups is 1. The van der Waals surface area contributed by atoms with Crippen LogP contribution in [0.5, 0.6) is 0 Å². The second-order valence-electron chi connectivity index (χ2n) is 4.75. The molecule has 2 unspecified atom stereocenters. The Labute approximate surface area is 114 Å². The van der Waals surface area contributed by atoms with Crippen molar-refractivity contribution >= 4 is 11.4 Å². The van der Waals surface area contributed by atoms with Crippen LogP contribution in [0.1, 0.15) is 12.8 Å². The summed E-state index contributed by atoms with van der Waals surface area (Å²) in [6, 6.07) is 1.67. The summed E-state index contributed by atoms with van der Waals surface area (Å²) in [7, 11) is 0. The van der Waals surface area contributed by atoms with Crippen molar-refractivity contribution in [2.45, 2.75) is 31.6 Å². The van der Waals surface area contributed by atoms with Crippen LogP contribution in [0.2, 0.25) is 0 Å². The molecule has 3 heterocycles. The topological polar surface area (TPSA) is 104 Å². The van der Waals surface area contributed by atoms with Crippen LogP contribution in [-0.2, 0) is 16.1 Å². The van der Waals surface area contributed by atoms with E-state index >= 15 is 0 Å². The monoisotopic (exact) mass is 277 g/mol. The van der Waals surface area contributed by atoms with E-state index in [1.165, 1.54) is 4.52 Å². The van der Waals surface area contributed by atoms with Crippen molar-refractivity contribution in [3.8, 4) is 0 Å². The summed E-state index contributed by atoms with van der Waals surface area (Å²) in [5.74, 6) is 4.75. The molecule has 1 aliphatic rings. The zero-order valence-corrected chi connectivity index (χ0v) is 10.7. The Balaban J connectivity index is 1.76. The Morgan fingerprint density at radius 2 is 2.35 bits per heavy atom. The van der Waals surface area contributed by atoms with Crippen molar-refractivity contribution in [2.75, 3.05) is 0 Å². The van der Waals surface area contributed by atoms with Gasteiger partial charge in [0, 0.05) is 12.4 Å². The number of nitrogens with zero attached hydrogens (tertiary/aromatic N) is 3. The molecule has 0 saturated carbocycles. The molecular formula is C12H15N5O3. The Morgan fingerprint density at radius 1 is 1.50 bits per heavy atom. The summed E-state index contributed by atoms with van der Waals surface area (Å²) in [6.07, 6.45) is 5.60. The molecule has 1 amide bonds. The maximum Gasteiger partial charge on any atom is 0.276 e. The van der Waals surface area contributed by atoms with E-state index in [1.54, 1.807) is 29.2 Å². The average Bonchev–Trinajstić information content (AvgIpc) is 3.10. The van der Waals surface area contributed by atoms with Gasteiger partial charge in [-0.2, -0.15) is 5.10 Å². The van der Waals surface area contributed by atoms with Gasteiger partial charge in [-0.3, -0.25) is 15.0 Å². The number of ether oxygens (including phenoxy) is 1. The van der Waals surface area contributed by atoms with Crippen molar-refractivity contribution in [3.63, 3.8) is 0 Å². The fourth-order valence-electron chi connectivity index (χ4n) is 2.45. The molecule has 20 heavy (non-hydrogen) atoms. The number of aromatic nitrogens is 3. The fraction of sp³-hybridized carbons (Fsp3) is 0.417. The predicted octanol–water partition coefficient (Wildman–Crippen LogP) is -0.966. The third kappa shape index (κ3) is 2.19. The van der Waals surface area contributed by atoms with Crippen LogP contribution < -0.4 is 16.8 Å². The third-order valence-electron chi connectivity index (χ3n) is 3.48. The van der Waals surface area contributed by atoms with E-state index in [9.17, 15) is 9.59 Å². The van der Waals surface area contributed by atoms with E-state index in [0.29, 0.717) is 18.5 Å². The molecular weight excluding hydrogens is 262 g/mol. The van der Waals surface area contributed by atoms with Crippen LogP contribution in [0.25, 0.3) is 5.52 Å². The predicted molar refractivity (Wildman–Crippen MR) is 69.7 cm³/mol. The van der Waals surface area contributed by atoms with Gasteiger partial charge in [0.25, 0.3) is 11.5 Å². The van der Waals surface area contributed by atoms with Crippen LogP contribution >= 0.6 is 0 Å². The summed E-state index contributed by atoms with van der Waals surface area (Å²) in [6.45, 7) is 0.412. The van der Waals surface area contributed by atoms with Crippen LogP contribution in [-0.4, -0.2) is 32.3 Å². The average molecular weight is 277 g/mol. The number of nitrogens with one attached hydrogen (secondary N) is 1. The first-order chi connectivity index (χ1) is 9.69. The standard InChI is InChI=1S/C12H15N5O3/c13-15-11(18)10-2-1-8(20-10)7-16-5-6-17-9(12(16)19)3-4-14-17/h3-6,8,10H,1-2,7,13H2,(H,15,18). The number of carbonyl (C=O) groups is 1. The summed E-state index contributed by atoms with van der Waals surface area (Å²) in [4.78, 5) is 23.6. The van der Waals surface area contributed by atoms with Crippen molar-refractivity contribution in [1.29, 1.82) is 0 Å². The molecule has 3 N–H and O–H groups in total. The SMILES string of the molecule is NNC(=O)C1CCC(Cn2ccn3nccc3c2=O)O1. The molecule has 1 fully saturated rings. The lowest BCUT2D eigenvalue weighted by atomic mass is 10.2. The molecule has 0 bridgehead atoms. The summed E-state index contributed by atoms with van der Waals surface area (Å²) >= 11 is 0. The van der Waals surface area contributed by atoms with Gasteiger partial charge in [-0.15, -0.1) is 0 Å². The minimum atomic E-state index is -0.528. The highest BCUT2D eigenvalue weighted by Crippen LogP contribution is 2.20. The Morgan fingerprint density at radius 3 is 3.15 bits per heavy atom. The number of fused-ring (bicyclic) bond motifs is 1. The maximum atomic E-state index is 12.2. The molecule has 2 aromatic rings. The summed E-state index contributed by atoms with van der Waals surface area (Å²) < 4.78 is 8.69. The second-order valence-corrected chi connectivity index (χ2v) is 4.75. The van der Waals surface area contributed by atoms with E-state index in [0.717, 1.165) is 6.42 Å². The molecule has 0 aliphatic carbocycles. The number of nitrogens with two attached hydrogens (primary N) is 1. The van der Waals surface area contributed by atoms with E-state index in [1.807, 2.05) is 0 Å². The van der Waals surface area contributed by atoms with E-state index in [-0.39, 0.29) is 17.6 Å². The highest BCUT2D eigenvalue weighted by Gasteiger charge is 2.30. The second kappa shape index (κ2) is 5.06. The molecule has 0 aromatic carbocycles. The molecule has 8 heteroatoms. The van der Waals surface area contributed by atoms with Crippen molar-refractivity contribution in [2.24, 2.45) is 5.84 Å². The molecule has 2 atom stereocenters. The molecule has 1 aliphatic heterocycles. The number of hydrogen-bond donors (Lipinski definition) is 2. The van der Waals surface area contributed by atoms with E-state index in [4.69, 9.17) is 10.6 Å². The van der Waals surface area contributed by atoms with Crippen molar-refractivity contribution < 1.29 is 9.53 Å². The zero-order valence-electron chi connectivity index (χ0n) is 10.7. The Bertz CT molecular complexity index is 692. The number of amides is 1. The smallest absolute Gasteiger partial charge is 0.276 e. The van der Waals surface area contributed by atoms with Crippen LogP contribution in [0.3, 0.4) is 0 Å². The molecule has 0 spiro atoms. The first kappa shape index (κ1) is 12.8. The van der Waals surface area contributed by atoms with E-state index < -0.39 is 6.10 Å². The molecule has 1 saturated heterocycles. The summed E-state index contributed by atoms with van der Waals surface area (Å²) in [5.41, 5.74) is 2.47. The highest BCUT2D eigenvalue weighted by atomic mass is 16.5. The molecule has 106 valence electrons. The fourth-order valence-corrected chi connectivity index (χ4v) is 2.45. The quantitative estimate of drug-likeness (QED) is 0.427. The third-order valence-corrected chi connectivity index (χ3v) is 3.48. The van der Waals surface area contributed by atoms with Crippen molar-refractivity contribution in [3.05, 3.63) is 35.0 Å². The van der Waals surface area contributed by atoms with Gasteiger partial charge in [-0.05, 0) is 18.9 Å². The Hall–Kier alpha value is -2.19. The lowest BCUT2D eigenvalue weighted by molar-refractivity contribution is -0.132. The van der Waals surface area contributed by atoms with Crippen LogP contribution in [0.4, 0.5) is 0 Å². The Kier molecular flexibility index (Phi) is 3.25. The van der Waals surface area contributed by atoms with Crippen molar-refractivity contribution in [1.82, 2.24) is 19.6 Å². The van der Waals surface area contributed by atoms with Gasteiger partial charge in [0.05, 0.1) is 18.8 Å². The highest BCUT2D eigenvalue weighted by molar-refractivity contribution is 5.80. The first-order valence-corrected chi connectivity index (χ1v) is 6.38.